The number of anilines is 2. The molecular formula is C20H19N3O3S. The van der Waals surface area contributed by atoms with Crippen molar-refractivity contribution in [3.05, 3.63) is 48.0 Å². The van der Waals surface area contributed by atoms with Crippen LogP contribution in [0.4, 0.5) is 10.8 Å². The van der Waals surface area contributed by atoms with Gasteiger partial charge in [0, 0.05) is 17.2 Å². The molecule has 0 saturated heterocycles. The first-order valence-electron chi connectivity index (χ1n) is 8.88. The van der Waals surface area contributed by atoms with Gasteiger partial charge in [0.05, 0.1) is 16.8 Å². The summed E-state index contributed by atoms with van der Waals surface area (Å²) in [4.78, 5) is 28.7. The zero-order valence-electron chi connectivity index (χ0n) is 14.8. The average Bonchev–Trinajstić information content (AvgIpc) is 3.43. The molecular weight excluding hydrogens is 362 g/mol. The third-order valence-corrected chi connectivity index (χ3v) is 5.19. The van der Waals surface area contributed by atoms with Crippen LogP contribution < -0.4 is 15.4 Å². The molecule has 7 heteroatoms. The van der Waals surface area contributed by atoms with Crippen LogP contribution in [0.2, 0.25) is 0 Å². The van der Waals surface area contributed by atoms with Gasteiger partial charge in [0.1, 0.15) is 5.75 Å². The second-order valence-corrected chi connectivity index (χ2v) is 7.41. The zero-order chi connectivity index (χ0) is 18.8. The Kier molecular flexibility index (Phi) is 4.77. The van der Waals surface area contributed by atoms with Gasteiger partial charge in [0.2, 0.25) is 5.91 Å². The third kappa shape index (κ3) is 4.09. The van der Waals surface area contributed by atoms with Gasteiger partial charge < -0.3 is 10.1 Å². The molecule has 3 aromatic rings. The lowest BCUT2D eigenvalue weighted by Gasteiger charge is -2.05. The van der Waals surface area contributed by atoms with Crippen LogP contribution in [0.3, 0.4) is 0 Å². The molecule has 0 bridgehead atoms. The monoisotopic (exact) mass is 381 g/mol. The summed E-state index contributed by atoms with van der Waals surface area (Å²) in [6.45, 7) is 2.54. The SMILES string of the molecule is CCOc1ccc2nc(NC(=O)c3ccc(NC(=O)C4CC4)cc3)sc2c1. The smallest absolute Gasteiger partial charge is 0.257 e. The predicted octanol–water partition coefficient (Wildman–Crippen LogP) is 4.30. The molecule has 2 aromatic carbocycles. The molecule has 0 aliphatic heterocycles. The zero-order valence-corrected chi connectivity index (χ0v) is 15.6. The van der Waals surface area contributed by atoms with E-state index in [0.29, 0.717) is 23.0 Å². The summed E-state index contributed by atoms with van der Waals surface area (Å²) in [7, 11) is 0. The van der Waals surface area contributed by atoms with E-state index >= 15 is 0 Å². The highest BCUT2D eigenvalue weighted by molar-refractivity contribution is 7.22. The van der Waals surface area contributed by atoms with Crippen LogP contribution in [0.5, 0.6) is 5.75 Å². The second-order valence-electron chi connectivity index (χ2n) is 6.38. The third-order valence-electron chi connectivity index (χ3n) is 4.25. The van der Waals surface area contributed by atoms with Gasteiger partial charge in [-0.25, -0.2) is 4.98 Å². The molecule has 0 unspecified atom stereocenters. The lowest BCUT2D eigenvalue weighted by molar-refractivity contribution is -0.117. The highest BCUT2D eigenvalue weighted by Gasteiger charge is 2.29. The van der Waals surface area contributed by atoms with Gasteiger partial charge in [-0.1, -0.05) is 11.3 Å². The fourth-order valence-corrected chi connectivity index (χ4v) is 3.57. The van der Waals surface area contributed by atoms with E-state index in [1.54, 1.807) is 24.3 Å². The number of ether oxygens (including phenoxy) is 1. The van der Waals surface area contributed by atoms with Crippen molar-refractivity contribution in [3.8, 4) is 5.75 Å². The van der Waals surface area contributed by atoms with Crippen molar-refractivity contribution in [3.63, 3.8) is 0 Å². The molecule has 2 amide bonds. The Balaban J connectivity index is 1.43. The molecule has 1 heterocycles. The van der Waals surface area contributed by atoms with Gasteiger partial charge >= 0.3 is 0 Å². The molecule has 1 saturated carbocycles. The number of rotatable bonds is 6. The van der Waals surface area contributed by atoms with E-state index in [4.69, 9.17) is 4.74 Å². The van der Waals surface area contributed by atoms with E-state index in [9.17, 15) is 9.59 Å². The number of thiazole rings is 1. The van der Waals surface area contributed by atoms with Gasteiger partial charge in [0.15, 0.2) is 5.13 Å². The molecule has 0 spiro atoms. The first kappa shape index (κ1) is 17.5. The van der Waals surface area contributed by atoms with Crippen molar-refractivity contribution >= 4 is 44.2 Å². The quantitative estimate of drug-likeness (QED) is 0.667. The Morgan fingerprint density at radius 3 is 2.63 bits per heavy atom. The molecule has 0 atom stereocenters. The number of benzene rings is 2. The Hall–Kier alpha value is -2.93. The Morgan fingerprint density at radius 2 is 1.93 bits per heavy atom. The number of amides is 2. The summed E-state index contributed by atoms with van der Waals surface area (Å²) >= 11 is 1.40. The molecule has 2 N–H and O–H groups in total. The number of aromatic nitrogens is 1. The van der Waals surface area contributed by atoms with E-state index in [1.165, 1.54) is 11.3 Å². The summed E-state index contributed by atoms with van der Waals surface area (Å²) in [6.07, 6.45) is 1.92. The summed E-state index contributed by atoms with van der Waals surface area (Å²) in [5.74, 6) is 0.748. The van der Waals surface area contributed by atoms with Crippen LogP contribution in [0, 0.1) is 5.92 Å². The molecule has 138 valence electrons. The maximum atomic E-state index is 12.5. The minimum absolute atomic E-state index is 0.0492. The van der Waals surface area contributed by atoms with Gasteiger partial charge in [-0.15, -0.1) is 0 Å². The number of hydrogen-bond acceptors (Lipinski definition) is 5. The van der Waals surface area contributed by atoms with E-state index in [1.807, 2.05) is 25.1 Å². The Bertz CT molecular complexity index is 993. The topological polar surface area (TPSA) is 80.3 Å². The fraction of sp³-hybridized carbons (Fsp3) is 0.250. The van der Waals surface area contributed by atoms with E-state index < -0.39 is 0 Å². The maximum Gasteiger partial charge on any atom is 0.257 e. The summed E-state index contributed by atoms with van der Waals surface area (Å²) in [5.41, 5.74) is 2.03. The molecule has 4 rings (SSSR count). The van der Waals surface area contributed by atoms with Crippen molar-refractivity contribution < 1.29 is 14.3 Å². The van der Waals surface area contributed by atoms with Crippen LogP contribution in [0.25, 0.3) is 10.2 Å². The molecule has 0 radical (unpaired) electrons. The summed E-state index contributed by atoms with van der Waals surface area (Å²) < 4.78 is 6.45. The molecule has 1 aliphatic carbocycles. The van der Waals surface area contributed by atoms with E-state index in [-0.39, 0.29) is 17.7 Å². The van der Waals surface area contributed by atoms with Gasteiger partial charge in [-0.3, -0.25) is 14.9 Å². The molecule has 27 heavy (non-hydrogen) atoms. The van der Waals surface area contributed by atoms with Crippen molar-refractivity contribution in [2.75, 3.05) is 17.2 Å². The number of nitrogens with one attached hydrogen (secondary N) is 2. The molecule has 6 nitrogen and oxygen atoms in total. The normalized spacial score (nSPS) is 13.4. The summed E-state index contributed by atoms with van der Waals surface area (Å²) in [5, 5.41) is 6.22. The fourth-order valence-electron chi connectivity index (χ4n) is 2.68. The molecule has 1 aromatic heterocycles. The van der Waals surface area contributed by atoms with Crippen molar-refractivity contribution in [2.45, 2.75) is 19.8 Å². The lowest BCUT2D eigenvalue weighted by atomic mass is 10.2. The van der Waals surface area contributed by atoms with E-state index in [2.05, 4.69) is 15.6 Å². The number of fused-ring (bicyclic) bond motifs is 1. The van der Waals surface area contributed by atoms with E-state index in [0.717, 1.165) is 28.8 Å². The van der Waals surface area contributed by atoms with Crippen LogP contribution in [-0.2, 0) is 4.79 Å². The molecule has 1 aliphatic rings. The number of nitrogens with zero attached hydrogens (tertiary/aromatic N) is 1. The highest BCUT2D eigenvalue weighted by atomic mass is 32.1. The average molecular weight is 381 g/mol. The number of carbonyl (C=O) groups excluding carboxylic acids is 2. The van der Waals surface area contributed by atoms with Crippen LogP contribution in [-0.4, -0.2) is 23.4 Å². The Morgan fingerprint density at radius 1 is 1.15 bits per heavy atom. The number of hydrogen-bond donors (Lipinski definition) is 2. The minimum Gasteiger partial charge on any atom is -0.494 e. The van der Waals surface area contributed by atoms with Crippen molar-refractivity contribution in [2.24, 2.45) is 5.92 Å². The van der Waals surface area contributed by atoms with Crippen LogP contribution in [0.15, 0.2) is 42.5 Å². The van der Waals surface area contributed by atoms with Crippen LogP contribution >= 0.6 is 11.3 Å². The highest BCUT2D eigenvalue weighted by Crippen LogP contribution is 2.31. The second kappa shape index (κ2) is 7.36. The predicted molar refractivity (Wildman–Crippen MR) is 107 cm³/mol. The standard InChI is InChI=1S/C20H19N3O3S/c1-2-26-15-9-10-16-17(11-15)27-20(22-16)23-19(25)13-5-7-14(8-6-13)21-18(24)12-3-4-12/h5-12H,2-4H2,1H3,(H,21,24)(H,22,23,25). The van der Waals surface area contributed by atoms with Gasteiger partial charge in [-0.05, 0) is 62.2 Å². The van der Waals surface area contributed by atoms with Gasteiger partial charge in [0.25, 0.3) is 5.91 Å². The van der Waals surface area contributed by atoms with Crippen molar-refractivity contribution in [1.29, 1.82) is 0 Å². The minimum atomic E-state index is -0.237. The maximum absolute atomic E-state index is 12.5. The first-order chi connectivity index (χ1) is 13.1. The number of carbonyl (C=O) groups is 2. The van der Waals surface area contributed by atoms with Gasteiger partial charge in [-0.2, -0.15) is 0 Å². The lowest BCUT2D eigenvalue weighted by Crippen LogP contribution is -2.14. The van der Waals surface area contributed by atoms with Crippen molar-refractivity contribution in [1.82, 2.24) is 4.98 Å². The first-order valence-corrected chi connectivity index (χ1v) is 9.69. The Labute approximate surface area is 160 Å². The summed E-state index contributed by atoms with van der Waals surface area (Å²) in [6, 6.07) is 12.5. The molecule has 1 fully saturated rings. The van der Waals surface area contributed by atoms with Crippen LogP contribution in [0.1, 0.15) is 30.1 Å². The largest absolute Gasteiger partial charge is 0.494 e.